The van der Waals surface area contributed by atoms with Crippen LogP contribution >= 0.6 is 0 Å². The number of aromatic amines is 1. The molecule has 0 saturated carbocycles. The highest BCUT2D eigenvalue weighted by atomic mass is 16.5. The van der Waals surface area contributed by atoms with Gasteiger partial charge >= 0.3 is 0 Å². The molecule has 1 aliphatic rings. The summed E-state index contributed by atoms with van der Waals surface area (Å²) in [6.07, 6.45) is 5.60. The highest BCUT2D eigenvalue weighted by molar-refractivity contribution is 5.93. The molecule has 1 aromatic heterocycles. The Balaban J connectivity index is 1.39. The minimum atomic E-state index is -0.621. The Morgan fingerprint density at radius 3 is 2.66 bits per heavy atom. The van der Waals surface area contributed by atoms with Crippen molar-refractivity contribution in [2.24, 2.45) is 0 Å². The lowest BCUT2D eigenvalue weighted by molar-refractivity contribution is -0.129. The number of nitrogens with zero attached hydrogens (tertiary/aromatic N) is 1. The first-order chi connectivity index (χ1) is 19.8. The van der Waals surface area contributed by atoms with E-state index < -0.39 is 6.04 Å². The van der Waals surface area contributed by atoms with Crippen molar-refractivity contribution >= 4 is 28.5 Å². The Hall–Kier alpha value is -3.65. The summed E-state index contributed by atoms with van der Waals surface area (Å²) in [4.78, 5) is 43.9. The van der Waals surface area contributed by atoms with E-state index in [4.69, 9.17) is 4.74 Å². The van der Waals surface area contributed by atoms with Crippen molar-refractivity contribution < 1.29 is 19.1 Å². The number of carbonyl (C=O) groups is 3. The molecule has 1 fully saturated rings. The second-order valence-corrected chi connectivity index (χ2v) is 11.3. The second-order valence-electron chi connectivity index (χ2n) is 11.3. The third-order valence-electron chi connectivity index (χ3n) is 7.94. The smallest absolute Gasteiger partial charge is 0.242 e. The van der Waals surface area contributed by atoms with E-state index in [0.29, 0.717) is 12.8 Å². The number of carbonyl (C=O) groups excluding carboxylic acids is 3. The number of H-pyrrole nitrogens is 1. The molecule has 3 aromatic rings. The van der Waals surface area contributed by atoms with Gasteiger partial charge in [-0.05, 0) is 75.4 Å². The highest BCUT2D eigenvalue weighted by Crippen LogP contribution is 2.27. The standard InChI is InChI=1S/C33H44N4O4/c1-23(38)11-6-4-9-15-31(33(40)35-26-14-10-18-37(22-26)21-25-12-7-5-8-13-25)36-32(39)20-28-24(2)34-30-17-16-27(41-3)19-29(28)30/h5,7-8,12-13,16-17,19,26,31,34H,4,6,9-11,14-15,18,20-22H2,1-3H3,(H,35,40)(H,36,39)/t26?,31-/m0/s1. The number of Topliss-reactive ketones (excluding diaryl/α,β-unsaturated/α-hetero) is 1. The topological polar surface area (TPSA) is 104 Å². The number of fused-ring (bicyclic) bond motifs is 1. The fourth-order valence-electron chi connectivity index (χ4n) is 5.75. The van der Waals surface area contributed by atoms with Gasteiger partial charge < -0.3 is 25.1 Å². The number of hydrogen-bond donors (Lipinski definition) is 3. The van der Waals surface area contributed by atoms with Crippen molar-refractivity contribution in [3.8, 4) is 5.75 Å². The summed E-state index contributed by atoms with van der Waals surface area (Å²) in [5.74, 6) is 0.592. The van der Waals surface area contributed by atoms with Crippen molar-refractivity contribution in [2.45, 2.75) is 83.8 Å². The van der Waals surface area contributed by atoms with Gasteiger partial charge in [-0.3, -0.25) is 14.5 Å². The van der Waals surface area contributed by atoms with Crippen LogP contribution in [0.1, 0.15) is 68.7 Å². The molecule has 8 nitrogen and oxygen atoms in total. The Morgan fingerprint density at radius 1 is 1.10 bits per heavy atom. The van der Waals surface area contributed by atoms with Gasteiger partial charge in [0.15, 0.2) is 0 Å². The molecule has 2 atom stereocenters. The van der Waals surface area contributed by atoms with E-state index in [2.05, 4.69) is 44.8 Å². The summed E-state index contributed by atoms with van der Waals surface area (Å²) < 4.78 is 5.39. The van der Waals surface area contributed by atoms with E-state index >= 15 is 0 Å². The monoisotopic (exact) mass is 560 g/mol. The molecule has 41 heavy (non-hydrogen) atoms. The first-order valence-electron chi connectivity index (χ1n) is 14.8. The fraction of sp³-hybridized carbons (Fsp3) is 0.485. The lowest BCUT2D eigenvalue weighted by Crippen LogP contribution is -2.53. The molecule has 3 N–H and O–H groups in total. The van der Waals surface area contributed by atoms with Crippen LogP contribution in [0, 0.1) is 6.92 Å². The fourth-order valence-corrected chi connectivity index (χ4v) is 5.75. The minimum Gasteiger partial charge on any atom is -0.497 e. The number of likely N-dealkylation sites (tertiary alicyclic amines) is 1. The average molecular weight is 561 g/mol. The molecule has 0 aliphatic carbocycles. The van der Waals surface area contributed by atoms with E-state index in [-0.39, 0.29) is 30.1 Å². The summed E-state index contributed by atoms with van der Waals surface area (Å²) in [6.45, 7) is 6.21. The molecule has 220 valence electrons. The van der Waals surface area contributed by atoms with Gasteiger partial charge in [-0.15, -0.1) is 0 Å². The Kier molecular flexibility index (Phi) is 11.0. The summed E-state index contributed by atoms with van der Waals surface area (Å²) >= 11 is 0. The number of hydrogen-bond acceptors (Lipinski definition) is 5. The summed E-state index contributed by atoms with van der Waals surface area (Å²) in [5.41, 5.74) is 4.04. The SMILES string of the molecule is COc1ccc2[nH]c(C)c(CC(=O)N[C@@H](CCCCCC(C)=O)C(=O)NC3CCCN(Cc4ccccc4)C3)c2c1. The molecule has 0 spiro atoms. The van der Waals surface area contributed by atoms with Crippen molar-refractivity contribution in [2.75, 3.05) is 20.2 Å². The number of aromatic nitrogens is 1. The van der Waals surface area contributed by atoms with Gasteiger partial charge in [0.2, 0.25) is 11.8 Å². The number of benzene rings is 2. The molecule has 2 heterocycles. The van der Waals surface area contributed by atoms with Crippen LogP contribution in [0.3, 0.4) is 0 Å². The van der Waals surface area contributed by atoms with Crippen LogP contribution in [0.25, 0.3) is 10.9 Å². The molecule has 1 unspecified atom stereocenters. The molecule has 0 bridgehead atoms. The lowest BCUT2D eigenvalue weighted by atomic mass is 10.0. The summed E-state index contributed by atoms with van der Waals surface area (Å²) in [7, 11) is 1.62. The van der Waals surface area contributed by atoms with Gasteiger partial charge in [-0.1, -0.05) is 43.2 Å². The second kappa shape index (κ2) is 14.8. The molecular weight excluding hydrogens is 516 g/mol. The molecule has 2 amide bonds. The van der Waals surface area contributed by atoms with Crippen molar-refractivity contribution in [1.29, 1.82) is 0 Å². The number of ketones is 1. The molecule has 1 saturated heterocycles. The van der Waals surface area contributed by atoms with Crippen LogP contribution in [0.4, 0.5) is 0 Å². The molecule has 4 rings (SSSR count). The van der Waals surface area contributed by atoms with E-state index in [1.165, 1.54) is 5.56 Å². The first-order valence-corrected chi connectivity index (χ1v) is 14.8. The van der Waals surface area contributed by atoms with Crippen molar-refractivity contribution in [1.82, 2.24) is 20.5 Å². The van der Waals surface area contributed by atoms with Gasteiger partial charge in [0.25, 0.3) is 0 Å². The number of ether oxygens (including phenoxy) is 1. The van der Waals surface area contributed by atoms with E-state index in [9.17, 15) is 14.4 Å². The van der Waals surface area contributed by atoms with E-state index in [1.54, 1.807) is 14.0 Å². The predicted octanol–water partition coefficient (Wildman–Crippen LogP) is 4.83. The maximum Gasteiger partial charge on any atom is 0.242 e. The van der Waals surface area contributed by atoms with Crippen molar-refractivity contribution in [3.05, 3.63) is 65.4 Å². The number of nitrogens with one attached hydrogen (secondary N) is 3. The van der Waals surface area contributed by atoms with Crippen LogP contribution in [-0.2, 0) is 27.3 Å². The lowest BCUT2D eigenvalue weighted by Gasteiger charge is -2.34. The number of piperidine rings is 1. The quantitative estimate of drug-likeness (QED) is 0.245. The maximum absolute atomic E-state index is 13.5. The molecule has 2 aromatic carbocycles. The van der Waals surface area contributed by atoms with Crippen molar-refractivity contribution in [3.63, 3.8) is 0 Å². The van der Waals surface area contributed by atoms with Gasteiger partial charge in [0.1, 0.15) is 17.6 Å². The third-order valence-corrected chi connectivity index (χ3v) is 7.94. The van der Waals surface area contributed by atoms with Gasteiger partial charge in [-0.25, -0.2) is 0 Å². The molecule has 0 radical (unpaired) electrons. The van der Waals surface area contributed by atoms with Gasteiger partial charge in [0, 0.05) is 42.1 Å². The van der Waals surface area contributed by atoms with Gasteiger partial charge in [0.05, 0.1) is 13.5 Å². The number of rotatable bonds is 14. The van der Waals surface area contributed by atoms with Crippen LogP contribution in [0.5, 0.6) is 5.75 Å². The van der Waals surface area contributed by atoms with Crippen LogP contribution in [0.15, 0.2) is 48.5 Å². The number of methoxy groups -OCH3 is 1. The Morgan fingerprint density at radius 2 is 1.90 bits per heavy atom. The largest absolute Gasteiger partial charge is 0.497 e. The first kappa shape index (κ1) is 30.3. The van der Waals surface area contributed by atoms with Crippen LogP contribution in [0.2, 0.25) is 0 Å². The average Bonchev–Trinajstić information content (AvgIpc) is 3.26. The minimum absolute atomic E-state index is 0.0420. The van der Waals surface area contributed by atoms with E-state index in [0.717, 1.165) is 79.6 Å². The highest BCUT2D eigenvalue weighted by Gasteiger charge is 2.27. The van der Waals surface area contributed by atoms with Gasteiger partial charge in [-0.2, -0.15) is 0 Å². The number of amides is 2. The van der Waals surface area contributed by atoms with Crippen LogP contribution in [-0.4, -0.2) is 59.8 Å². The number of unbranched alkanes of at least 4 members (excludes halogenated alkanes) is 2. The third kappa shape index (κ3) is 8.92. The molecule has 1 aliphatic heterocycles. The Labute approximate surface area is 243 Å². The maximum atomic E-state index is 13.5. The van der Waals surface area contributed by atoms with E-state index in [1.807, 2.05) is 31.2 Å². The number of aryl methyl sites for hydroxylation is 1. The van der Waals surface area contributed by atoms with Crippen LogP contribution < -0.4 is 15.4 Å². The zero-order valence-electron chi connectivity index (χ0n) is 24.6. The summed E-state index contributed by atoms with van der Waals surface area (Å²) in [5, 5.41) is 7.23. The summed E-state index contributed by atoms with van der Waals surface area (Å²) in [6, 6.07) is 15.6. The predicted molar refractivity (Wildman–Crippen MR) is 162 cm³/mol. The zero-order valence-corrected chi connectivity index (χ0v) is 24.6. The normalized spacial score (nSPS) is 16.3. The zero-order chi connectivity index (χ0) is 29.2. The Bertz CT molecular complexity index is 1320. The molecular formula is C33H44N4O4. The molecule has 8 heteroatoms.